The smallest absolute Gasteiger partial charge is 0.00921 e. The highest BCUT2D eigenvalue weighted by atomic mass is 32.1. The van der Waals surface area contributed by atoms with E-state index in [1.54, 1.807) is 0 Å². The molecule has 0 aliphatic carbocycles. The van der Waals surface area contributed by atoms with Gasteiger partial charge in [0, 0.05) is 16.2 Å². The summed E-state index contributed by atoms with van der Waals surface area (Å²) in [6.07, 6.45) is 1.02. The second-order valence-corrected chi connectivity index (χ2v) is 6.08. The first-order chi connectivity index (χ1) is 9.33. The molecule has 1 aromatic heterocycles. The van der Waals surface area contributed by atoms with Crippen molar-refractivity contribution in [3.8, 4) is 11.1 Å². The molecular weight excluding hydrogens is 248 g/mol. The van der Waals surface area contributed by atoms with Gasteiger partial charge < -0.3 is 0 Å². The first-order valence-corrected chi connectivity index (χ1v) is 7.33. The summed E-state index contributed by atoms with van der Waals surface area (Å²) in [5.74, 6) is 0. The Morgan fingerprint density at radius 1 is 0.789 bits per heavy atom. The first-order valence-electron chi connectivity index (χ1n) is 6.51. The molecule has 1 heterocycles. The molecule has 0 aliphatic rings. The molecule has 1 heteroatoms. The van der Waals surface area contributed by atoms with Crippen LogP contribution in [0.25, 0.3) is 11.1 Å². The van der Waals surface area contributed by atoms with Crippen LogP contribution in [0.2, 0.25) is 0 Å². The number of aryl methyl sites for hydroxylation is 1. The number of benzene rings is 2. The zero-order valence-corrected chi connectivity index (χ0v) is 11.8. The molecule has 19 heavy (non-hydrogen) atoms. The van der Waals surface area contributed by atoms with E-state index >= 15 is 0 Å². The molecule has 0 spiro atoms. The molecule has 2 aromatic carbocycles. The summed E-state index contributed by atoms with van der Waals surface area (Å²) >= 11 is 1.89. The standard InChI is InChI=1S/C18H16S/c1-14-11-12-17(19-14)13-16-9-5-6-10-18(16)15-7-3-2-4-8-15/h2-12H,13H2,1H3. The van der Waals surface area contributed by atoms with Crippen molar-refractivity contribution in [1.82, 2.24) is 0 Å². The van der Waals surface area contributed by atoms with E-state index in [1.165, 1.54) is 26.4 Å². The Morgan fingerprint density at radius 2 is 1.53 bits per heavy atom. The van der Waals surface area contributed by atoms with Crippen LogP contribution in [-0.4, -0.2) is 0 Å². The summed E-state index contributed by atoms with van der Waals surface area (Å²) in [4.78, 5) is 2.81. The Labute approximate surface area is 118 Å². The molecular formula is C18H16S. The van der Waals surface area contributed by atoms with E-state index < -0.39 is 0 Å². The molecule has 0 bridgehead atoms. The zero-order chi connectivity index (χ0) is 13.1. The molecule has 0 N–H and O–H groups in total. The number of thiophene rings is 1. The molecule has 0 saturated carbocycles. The lowest BCUT2D eigenvalue weighted by molar-refractivity contribution is 1.24. The number of hydrogen-bond donors (Lipinski definition) is 0. The van der Waals surface area contributed by atoms with Crippen molar-refractivity contribution in [3.05, 3.63) is 82.0 Å². The van der Waals surface area contributed by atoms with Crippen molar-refractivity contribution in [2.75, 3.05) is 0 Å². The highest BCUT2D eigenvalue weighted by molar-refractivity contribution is 7.11. The second kappa shape index (κ2) is 5.41. The SMILES string of the molecule is Cc1ccc(Cc2ccccc2-c2ccccc2)s1. The highest BCUT2D eigenvalue weighted by Gasteiger charge is 2.06. The average molecular weight is 264 g/mol. The highest BCUT2D eigenvalue weighted by Crippen LogP contribution is 2.27. The average Bonchev–Trinajstić information content (AvgIpc) is 2.86. The van der Waals surface area contributed by atoms with Crippen molar-refractivity contribution < 1.29 is 0 Å². The summed E-state index contributed by atoms with van der Waals surface area (Å²) in [5, 5.41) is 0. The van der Waals surface area contributed by atoms with E-state index in [4.69, 9.17) is 0 Å². The van der Waals surface area contributed by atoms with Crippen molar-refractivity contribution in [2.24, 2.45) is 0 Å². The monoisotopic (exact) mass is 264 g/mol. The Bertz CT molecular complexity index is 665. The third-order valence-corrected chi connectivity index (χ3v) is 4.26. The largest absolute Gasteiger partial charge is 0.145 e. The third kappa shape index (κ3) is 2.77. The summed E-state index contributed by atoms with van der Waals surface area (Å²) in [5.41, 5.74) is 4.04. The lowest BCUT2D eigenvalue weighted by Crippen LogP contribution is -1.89. The molecule has 0 amide bonds. The minimum absolute atomic E-state index is 1.02. The molecule has 0 fully saturated rings. The van der Waals surface area contributed by atoms with Crippen molar-refractivity contribution in [1.29, 1.82) is 0 Å². The zero-order valence-electron chi connectivity index (χ0n) is 11.0. The third-order valence-electron chi connectivity index (χ3n) is 3.26. The lowest BCUT2D eigenvalue weighted by Gasteiger charge is -2.08. The fourth-order valence-corrected chi connectivity index (χ4v) is 3.26. The van der Waals surface area contributed by atoms with E-state index in [-0.39, 0.29) is 0 Å². The molecule has 0 atom stereocenters. The Hall–Kier alpha value is -1.86. The van der Waals surface area contributed by atoms with Gasteiger partial charge in [0.2, 0.25) is 0 Å². The maximum absolute atomic E-state index is 2.24. The molecule has 0 saturated heterocycles. The normalized spacial score (nSPS) is 10.6. The Balaban J connectivity index is 1.98. The molecule has 0 radical (unpaired) electrons. The van der Waals surface area contributed by atoms with Gasteiger partial charge in [-0.3, -0.25) is 0 Å². The summed E-state index contributed by atoms with van der Waals surface area (Å²) in [7, 11) is 0. The van der Waals surface area contributed by atoms with Gasteiger partial charge in [0.25, 0.3) is 0 Å². The summed E-state index contributed by atoms with van der Waals surface area (Å²) in [6, 6.07) is 23.7. The van der Waals surface area contributed by atoms with Gasteiger partial charge in [0.05, 0.1) is 0 Å². The van der Waals surface area contributed by atoms with Crippen LogP contribution in [-0.2, 0) is 6.42 Å². The van der Waals surface area contributed by atoms with Crippen molar-refractivity contribution >= 4 is 11.3 Å². The predicted molar refractivity (Wildman–Crippen MR) is 83.7 cm³/mol. The number of hydrogen-bond acceptors (Lipinski definition) is 1. The predicted octanol–water partition coefficient (Wildman–Crippen LogP) is 5.31. The van der Waals surface area contributed by atoms with Crippen LogP contribution >= 0.6 is 11.3 Å². The van der Waals surface area contributed by atoms with Crippen LogP contribution in [0.5, 0.6) is 0 Å². The molecule has 0 nitrogen and oxygen atoms in total. The molecule has 0 aliphatic heterocycles. The van der Waals surface area contributed by atoms with Crippen molar-refractivity contribution in [2.45, 2.75) is 13.3 Å². The first kappa shape index (κ1) is 12.2. The van der Waals surface area contributed by atoms with Crippen molar-refractivity contribution in [3.63, 3.8) is 0 Å². The summed E-state index contributed by atoms with van der Waals surface area (Å²) < 4.78 is 0. The second-order valence-electron chi connectivity index (χ2n) is 4.71. The fourth-order valence-electron chi connectivity index (χ4n) is 2.34. The van der Waals surface area contributed by atoms with Gasteiger partial charge in [0.15, 0.2) is 0 Å². The Morgan fingerprint density at radius 3 is 2.26 bits per heavy atom. The van der Waals surface area contributed by atoms with Crippen LogP contribution in [0.4, 0.5) is 0 Å². The fraction of sp³-hybridized carbons (Fsp3) is 0.111. The van der Waals surface area contributed by atoms with Crippen LogP contribution in [0.15, 0.2) is 66.7 Å². The topological polar surface area (TPSA) is 0 Å². The Kier molecular flexibility index (Phi) is 3.47. The van der Waals surface area contributed by atoms with Gasteiger partial charge in [-0.25, -0.2) is 0 Å². The molecule has 94 valence electrons. The van der Waals surface area contributed by atoms with Gasteiger partial charge >= 0.3 is 0 Å². The maximum atomic E-state index is 2.24. The lowest BCUT2D eigenvalue weighted by atomic mass is 9.97. The number of rotatable bonds is 3. The van der Waals surface area contributed by atoms with E-state index in [1.807, 2.05) is 11.3 Å². The van der Waals surface area contributed by atoms with Gasteiger partial charge in [-0.2, -0.15) is 0 Å². The van der Waals surface area contributed by atoms with Gasteiger partial charge in [-0.1, -0.05) is 54.6 Å². The van der Waals surface area contributed by atoms with E-state index in [0.29, 0.717) is 0 Å². The van der Waals surface area contributed by atoms with Gasteiger partial charge in [-0.05, 0) is 35.7 Å². The summed E-state index contributed by atoms with van der Waals surface area (Å²) in [6.45, 7) is 2.16. The quantitative estimate of drug-likeness (QED) is 0.601. The van der Waals surface area contributed by atoms with Crippen LogP contribution < -0.4 is 0 Å². The molecule has 0 unspecified atom stereocenters. The maximum Gasteiger partial charge on any atom is 0.00921 e. The minimum Gasteiger partial charge on any atom is -0.145 e. The van der Waals surface area contributed by atoms with E-state index in [9.17, 15) is 0 Å². The van der Waals surface area contributed by atoms with Crippen LogP contribution in [0, 0.1) is 6.92 Å². The van der Waals surface area contributed by atoms with E-state index in [2.05, 4.69) is 73.7 Å². The van der Waals surface area contributed by atoms with Gasteiger partial charge in [0.1, 0.15) is 0 Å². The van der Waals surface area contributed by atoms with Crippen LogP contribution in [0.1, 0.15) is 15.3 Å². The molecule has 3 rings (SSSR count). The van der Waals surface area contributed by atoms with E-state index in [0.717, 1.165) is 6.42 Å². The van der Waals surface area contributed by atoms with Crippen LogP contribution in [0.3, 0.4) is 0 Å². The minimum atomic E-state index is 1.02. The molecule has 3 aromatic rings. The van der Waals surface area contributed by atoms with Gasteiger partial charge in [-0.15, -0.1) is 11.3 Å².